The van der Waals surface area contributed by atoms with Gasteiger partial charge in [0, 0.05) is 19.1 Å². The lowest BCUT2D eigenvalue weighted by atomic mass is 10.1. The van der Waals surface area contributed by atoms with Crippen LogP contribution in [0.15, 0.2) is 60.7 Å². The van der Waals surface area contributed by atoms with Crippen molar-refractivity contribution < 1.29 is 4.74 Å². The summed E-state index contributed by atoms with van der Waals surface area (Å²) < 4.78 is 5.33. The Hall–Kier alpha value is -2.10. The van der Waals surface area contributed by atoms with E-state index in [4.69, 9.17) is 4.74 Å². The minimum atomic E-state index is 0.315. The molecule has 0 amide bonds. The molecule has 0 saturated heterocycles. The highest BCUT2D eigenvalue weighted by Gasteiger charge is 2.13. The van der Waals surface area contributed by atoms with Gasteiger partial charge in [-0.3, -0.25) is 0 Å². The van der Waals surface area contributed by atoms with Crippen molar-refractivity contribution in [2.75, 3.05) is 34.3 Å². The van der Waals surface area contributed by atoms with Crippen molar-refractivity contribution in [2.24, 2.45) is 0 Å². The van der Waals surface area contributed by atoms with Crippen LogP contribution in [0.3, 0.4) is 0 Å². The lowest BCUT2D eigenvalue weighted by Crippen LogP contribution is -2.31. The first kappa shape index (κ1) is 17.3. The molecule has 122 valence electrons. The maximum absolute atomic E-state index is 5.33. The minimum absolute atomic E-state index is 0.315. The molecule has 0 aromatic heterocycles. The topological polar surface area (TPSA) is 24.5 Å². The monoisotopic (exact) mass is 310 g/mol. The lowest BCUT2D eigenvalue weighted by molar-refractivity contribution is 0.290. The van der Waals surface area contributed by atoms with Crippen LogP contribution < -0.4 is 10.1 Å². The zero-order valence-corrected chi connectivity index (χ0v) is 14.2. The van der Waals surface area contributed by atoms with Crippen molar-refractivity contribution in [3.8, 4) is 5.75 Å². The fraction of sp³-hybridized carbons (Fsp3) is 0.300. The van der Waals surface area contributed by atoms with Gasteiger partial charge in [0.2, 0.25) is 0 Å². The average molecular weight is 310 g/mol. The van der Waals surface area contributed by atoms with Gasteiger partial charge in [0.25, 0.3) is 0 Å². The predicted molar refractivity (Wildman–Crippen MR) is 97.8 cm³/mol. The molecule has 1 unspecified atom stereocenters. The molecule has 0 bridgehead atoms. The second-order valence-corrected chi connectivity index (χ2v) is 5.73. The van der Waals surface area contributed by atoms with Crippen molar-refractivity contribution in [1.82, 2.24) is 10.2 Å². The van der Waals surface area contributed by atoms with Crippen LogP contribution in [0.4, 0.5) is 0 Å². The Bertz CT molecular complexity index is 608. The number of nitrogens with one attached hydrogen (secondary N) is 1. The number of benzene rings is 2. The summed E-state index contributed by atoms with van der Waals surface area (Å²) >= 11 is 0. The largest absolute Gasteiger partial charge is 0.497 e. The molecule has 1 N–H and O–H groups in total. The Morgan fingerprint density at radius 3 is 2.57 bits per heavy atom. The molecule has 0 radical (unpaired) electrons. The molecular formula is C20H26N2O. The zero-order chi connectivity index (χ0) is 16.5. The van der Waals surface area contributed by atoms with Crippen molar-refractivity contribution in [3.63, 3.8) is 0 Å². The molecule has 0 aliphatic rings. The molecule has 0 aliphatic heterocycles. The van der Waals surface area contributed by atoms with Gasteiger partial charge in [-0.25, -0.2) is 0 Å². The highest BCUT2D eigenvalue weighted by Crippen LogP contribution is 2.21. The third-order valence-corrected chi connectivity index (χ3v) is 3.81. The van der Waals surface area contributed by atoms with E-state index in [0.29, 0.717) is 6.04 Å². The molecule has 0 saturated carbocycles. The predicted octanol–water partition coefficient (Wildman–Crippen LogP) is 3.60. The normalized spacial score (nSPS) is 12.7. The summed E-state index contributed by atoms with van der Waals surface area (Å²) in [5.41, 5.74) is 2.49. The second kappa shape index (κ2) is 9.13. The van der Waals surface area contributed by atoms with Gasteiger partial charge >= 0.3 is 0 Å². The summed E-state index contributed by atoms with van der Waals surface area (Å²) in [5, 5.41) is 3.50. The van der Waals surface area contributed by atoms with E-state index in [9.17, 15) is 0 Å². The molecule has 0 spiro atoms. The number of hydrogen-bond donors (Lipinski definition) is 1. The lowest BCUT2D eigenvalue weighted by Gasteiger charge is -2.25. The first-order chi connectivity index (χ1) is 11.2. The Kier molecular flexibility index (Phi) is 6.85. The number of nitrogens with zero attached hydrogens (tertiary/aromatic N) is 1. The van der Waals surface area contributed by atoms with Crippen molar-refractivity contribution in [3.05, 3.63) is 71.8 Å². The number of hydrogen-bond acceptors (Lipinski definition) is 3. The van der Waals surface area contributed by atoms with E-state index < -0.39 is 0 Å². The molecule has 3 heteroatoms. The van der Waals surface area contributed by atoms with E-state index >= 15 is 0 Å². The smallest absolute Gasteiger partial charge is 0.119 e. The summed E-state index contributed by atoms with van der Waals surface area (Å²) in [6, 6.07) is 18.9. The highest BCUT2D eigenvalue weighted by atomic mass is 16.5. The third-order valence-electron chi connectivity index (χ3n) is 3.81. The van der Waals surface area contributed by atoms with Crippen LogP contribution in [-0.2, 0) is 0 Å². The Morgan fingerprint density at radius 1 is 1.09 bits per heavy atom. The summed E-state index contributed by atoms with van der Waals surface area (Å²) in [6.07, 6.45) is 4.30. The average Bonchev–Trinajstić information content (AvgIpc) is 2.58. The Morgan fingerprint density at radius 2 is 1.87 bits per heavy atom. The van der Waals surface area contributed by atoms with Crippen LogP contribution in [-0.4, -0.2) is 39.2 Å². The zero-order valence-electron chi connectivity index (χ0n) is 14.2. The van der Waals surface area contributed by atoms with E-state index in [2.05, 4.69) is 72.9 Å². The Labute approximate surface area is 139 Å². The van der Waals surface area contributed by atoms with Crippen LogP contribution in [0.5, 0.6) is 5.75 Å². The van der Waals surface area contributed by atoms with Gasteiger partial charge in [0.05, 0.1) is 7.11 Å². The molecule has 2 aromatic rings. The van der Waals surface area contributed by atoms with Crippen LogP contribution in [0.2, 0.25) is 0 Å². The molecule has 3 nitrogen and oxygen atoms in total. The van der Waals surface area contributed by atoms with Gasteiger partial charge in [-0.15, -0.1) is 0 Å². The third kappa shape index (κ3) is 5.55. The van der Waals surface area contributed by atoms with Crippen molar-refractivity contribution >= 4 is 6.08 Å². The van der Waals surface area contributed by atoms with Crippen LogP contribution in [0, 0.1) is 0 Å². The van der Waals surface area contributed by atoms with Crippen LogP contribution >= 0.6 is 0 Å². The maximum Gasteiger partial charge on any atom is 0.119 e. The van der Waals surface area contributed by atoms with E-state index in [1.807, 2.05) is 18.2 Å². The van der Waals surface area contributed by atoms with Gasteiger partial charge in [-0.2, -0.15) is 0 Å². The molecule has 0 fully saturated rings. The van der Waals surface area contributed by atoms with Crippen molar-refractivity contribution in [2.45, 2.75) is 6.04 Å². The summed E-state index contributed by atoms with van der Waals surface area (Å²) in [5.74, 6) is 0.901. The van der Waals surface area contributed by atoms with Gasteiger partial charge in [-0.05, 0) is 37.4 Å². The number of methoxy groups -OCH3 is 1. The van der Waals surface area contributed by atoms with E-state index in [1.54, 1.807) is 7.11 Å². The number of rotatable bonds is 8. The molecular weight excluding hydrogens is 284 g/mol. The Balaban J connectivity index is 1.89. The molecule has 23 heavy (non-hydrogen) atoms. The molecule has 0 heterocycles. The van der Waals surface area contributed by atoms with Gasteiger partial charge in [-0.1, -0.05) is 54.6 Å². The molecule has 2 rings (SSSR count). The van der Waals surface area contributed by atoms with Crippen molar-refractivity contribution in [1.29, 1.82) is 0 Å². The van der Waals surface area contributed by atoms with E-state index in [0.717, 1.165) is 18.8 Å². The van der Waals surface area contributed by atoms with Gasteiger partial charge in [0.1, 0.15) is 5.75 Å². The van der Waals surface area contributed by atoms with Crippen LogP contribution in [0.1, 0.15) is 17.2 Å². The molecule has 1 atom stereocenters. The van der Waals surface area contributed by atoms with E-state index in [1.165, 1.54) is 11.1 Å². The summed E-state index contributed by atoms with van der Waals surface area (Å²) in [4.78, 5) is 2.22. The standard InChI is InChI=1S/C20H26N2O/c1-22(2)20(18-12-7-13-19(15-18)23-3)16-21-14-8-11-17-9-5-4-6-10-17/h4-13,15,20-21H,14,16H2,1-3H3/b11-8+. The highest BCUT2D eigenvalue weighted by molar-refractivity contribution is 5.48. The SMILES string of the molecule is COc1cccc(C(CNC/C=C/c2ccccc2)N(C)C)c1. The number of likely N-dealkylation sites (N-methyl/N-ethyl adjacent to an activating group) is 1. The van der Waals surface area contributed by atoms with E-state index in [-0.39, 0.29) is 0 Å². The number of ether oxygens (including phenoxy) is 1. The first-order valence-corrected chi connectivity index (χ1v) is 7.93. The fourth-order valence-corrected chi connectivity index (χ4v) is 2.51. The molecule has 2 aromatic carbocycles. The maximum atomic E-state index is 5.33. The second-order valence-electron chi connectivity index (χ2n) is 5.73. The van der Waals surface area contributed by atoms with Gasteiger partial charge in [0.15, 0.2) is 0 Å². The fourth-order valence-electron chi connectivity index (χ4n) is 2.51. The molecule has 0 aliphatic carbocycles. The quantitative estimate of drug-likeness (QED) is 0.754. The minimum Gasteiger partial charge on any atom is -0.497 e. The van der Waals surface area contributed by atoms with Crippen LogP contribution in [0.25, 0.3) is 6.08 Å². The first-order valence-electron chi connectivity index (χ1n) is 7.93. The summed E-state index contributed by atoms with van der Waals surface area (Å²) in [7, 11) is 5.91. The summed E-state index contributed by atoms with van der Waals surface area (Å²) in [6.45, 7) is 1.74. The van der Waals surface area contributed by atoms with Gasteiger partial charge < -0.3 is 15.0 Å².